The minimum atomic E-state index is 1.03. The van der Waals surface area contributed by atoms with Crippen LogP contribution in [0.25, 0.3) is 10.9 Å². The van der Waals surface area contributed by atoms with E-state index in [0.717, 1.165) is 37.2 Å². The number of halogens is 1. The molecule has 1 aliphatic heterocycles. The van der Waals surface area contributed by atoms with Gasteiger partial charge in [0.15, 0.2) is 0 Å². The molecule has 1 fully saturated rings. The molecule has 0 bridgehead atoms. The van der Waals surface area contributed by atoms with Crippen LogP contribution >= 0.6 is 15.9 Å². The van der Waals surface area contributed by atoms with Crippen molar-refractivity contribution in [2.24, 2.45) is 0 Å². The Labute approximate surface area is 116 Å². The monoisotopic (exact) mass is 307 g/mol. The van der Waals surface area contributed by atoms with Gasteiger partial charge in [0.05, 0.1) is 0 Å². The third kappa shape index (κ3) is 2.32. The molecule has 1 aliphatic rings. The maximum absolute atomic E-state index is 3.56. The summed E-state index contributed by atoms with van der Waals surface area (Å²) in [6.45, 7) is 7.72. The first kappa shape index (κ1) is 12.2. The molecule has 1 aromatic heterocycles. The lowest BCUT2D eigenvalue weighted by Gasteiger charge is -2.26. The number of H-pyrrole nitrogens is 1. The summed E-state index contributed by atoms with van der Waals surface area (Å²) >= 11 is 3.54. The molecule has 0 spiro atoms. The van der Waals surface area contributed by atoms with E-state index in [0.29, 0.717) is 0 Å². The minimum Gasteiger partial charge on any atom is -0.357 e. The first-order chi connectivity index (χ1) is 8.74. The standard InChI is InChI=1S/C14H18BrN3/c1-10-12-8-11(15)2-3-13(12)17-14(10)9-18-6-4-16-5-7-18/h2-3,8,16-17H,4-7,9H2,1H3. The van der Waals surface area contributed by atoms with Crippen LogP contribution in [0.1, 0.15) is 11.3 Å². The summed E-state index contributed by atoms with van der Waals surface area (Å²) in [6, 6.07) is 6.43. The summed E-state index contributed by atoms with van der Waals surface area (Å²) in [4.78, 5) is 6.06. The lowest BCUT2D eigenvalue weighted by molar-refractivity contribution is 0.231. The first-order valence-corrected chi connectivity index (χ1v) is 7.23. The molecule has 96 valence electrons. The SMILES string of the molecule is Cc1c(CN2CCNCC2)[nH]c2ccc(Br)cc12. The highest BCUT2D eigenvalue weighted by atomic mass is 79.9. The number of piperazine rings is 1. The Balaban J connectivity index is 1.89. The van der Waals surface area contributed by atoms with Crippen LogP contribution in [0.2, 0.25) is 0 Å². The zero-order valence-corrected chi connectivity index (χ0v) is 12.2. The topological polar surface area (TPSA) is 31.1 Å². The van der Waals surface area contributed by atoms with Crippen molar-refractivity contribution in [3.63, 3.8) is 0 Å². The van der Waals surface area contributed by atoms with Gasteiger partial charge in [-0.25, -0.2) is 0 Å². The zero-order valence-electron chi connectivity index (χ0n) is 10.6. The van der Waals surface area contributed by atoms with E-state index in [1.54, 1.807) is 0 Å². The summed E-state index contributed by atoms with van der Waals surface area (Å²) in [6.07, 6.45) is 0. The van der Waals surface area contributed by atoms with Crippen molar-refractivity contribution < 1.29 is 0 Å². The smallest absolute Gasteiger partial charge is 0.0460 e. The predicted octanol–water partition coefficient (Wildman–Crippen LogP) is 2.64. The number of nitrogens with one attached hydrogen (secondary N) is 2. The summed E-state index contributed by atoms with van der Waals surface area (Å²) in [5.41, 5.74) is 3.97. The second kappa shape index (κ2) is 5.03. The van der Waals surface area contributed by atoms with Gasteiger partial charge in [-0.2, -0.15) is 0 Å². The number of nitrogens with zero attached hydrogens (tertiary/aromatic N) is 1. The molecule has 0 radical (unpaired) electrons. The third-order valence-electron chi connectivity index (χ3n) is 3.72. The van der Waals surface area contributed by atoms with Crippen molar-refractivity contribution in [3.05, 3.63) is 33.9 Å². The average Bonchev–Trinajstić information content (AvgIpc) is 2.68. The van der Waals surface area contributed by atoms with E-state index in [9.17, 15) is 0 Å². The molecule has 1 aromatic carbocycles. The zero-order chi connectivity index (χ0) is 12.5. The van der Waals surface area contributed by atoms with Crippen LogP contribution in [0.4, 0.5) is 0 Å². The fourth-order valence-electron chi connectivity index (χ4n) is 2.61. The maximum Gasteiger partial charge on any atom is 0.0460 e. The number of hydrogen-bond acceptors (Lipinski definition) is 2. The molecule has 0 unspecified atom stereocenters. The highest BCUT2D eigenvalue weighted by molar-refractivity contribution is 9.10. The van der Waals surface area contributed by atoms with E-state index in [1.807, 2.05) is 0 Å². The summed E-state index contributed by atoms with van der Waals surface area (Å²) in [5, 5.41) is 4.72. The number of rotatable bonds is 2. The van der Waals surface area contributed by atoms with Gasteiger partial charge in [0.2, 0.25) is 0 Å². The van der Waals surface area contributed by atoms with Crippen molar-refractivity contribution in [1.82, 2.24) is 15.2 Å². The lowest BCUT2D eigenvalue weighted by Crippen LogP contribution is -2.43. The number of aryl methyl sites for hydroxylation is 1. The second-order valence-electron chi connectivity index (χ2n) is 4.94. The first-order valence-electron chi connectivity index (χ1n) is 6.44. The Morgan fingerprint density at radius 3 is 2.83 bits per heavy atom. The van der Waals surface area contributed by atoms with Crippen LogP contribution in [0.5, 0.6) is 0 Å². The van der Waals surface area contributed by atoms with Crippen LogP contribution < -0.4 is 5.32 Å². The van der Waals surface area contributed by atoms with Gasteiger partial charge >= 0.3 is 0 Å². The molecule has 0 aliphatic carbocycles. The molecular formula is C14H18BrN3. The van der Waals surface area contributed by atoms with E-state index in [2.05, 4.69) is 56.3 Å². The van der Waals surface area contributed by atoms with Crippen LogP contribution in [-0.2, 0) is 6.54 Å². The van der Waals surface area contributed by atoms with Crippen molar-refractivity contribution in [1.29, 1.82) is 0 Å². The number of aromatic amines is 1. The minimum absolute atomic E-state index is 1.03. The molecule has 0 atom stereocenters. The van der Waals surface area contributed by atoms with Crippen LogP contribution in [0.15, 0.2) is 22.7 Å². The molecule has 2 aromatic rings. The van der Waals surface area contributed by atoms with E-state index in [1.165, 1.54) is 22.2 Å². The fraction of sp³-hybridized carbons (Fsp3) is 0.429. The molecular weight excluding hydrogens is 290 g/mol. The second-order valence-corrected chi connectivity index (χ2v) is 5.86. The number of benzene rings is 1. The van der Waals surface area contributed by atoms with Crippen molar-refractivity contribution in [3.8, 4) is 0 Å². The van der Waals surface area contributed by atoms with Crippen molar-refractivity contribution in [2.45, 2.75) is 13.5 Å². The van der Waals surface area contributed by atoms with E-state index < -0.39 is 0 Å². The Morgan fingerprint density at radius 2 is 2.06 bits per heavy atom. The fourth-order valence-corrected chi connectivity index (χ4v) is 2.97. The predicted molar refractivity (Wildman–Crippen MR) is 78.9 cm³/mol. The van der Waals surface area contributed by atoms with Crippen LogP contribution in [0.3, 0.4) is 0 Å². The number of hydrogen-bond donors (Lipinski definition) is 2. The molecule has 3 rings (SSSR count). The van der Waals surface area contributed by atoms with Gasteiger partial charge in [-0.05, 0) is 30.7 Å². The molecule has 2 N–H and O–H groups in total. The van der Waals surface area contributed by atoms with Crippen LogP contribution in [0, 0.1) is 6.92 Å². The molecule has 18 heavy (non-hydrogen) atoms. The van der Waals surface area contributed by atoms with Gasteiger partial charge in [0.25, 0.3) is 0 Å². The Bertz CT molecular complexity index is 555. The van der Waals surface area contributed by atoms with E-state index in [-0.39, 0.29) is 0 Å². The summed E-state index contributed by atoms with van der Waals surface area (Å²) < 4.78 is 1.14. The average molecular weight is 308 g/mol. The Morgan fingerprint density at radius 1 is 1.28 bits per heavy atom. The Hall–Kier alpha value is -0.840. The van der Waals surface area contributed by atoms with Gasteiger partial charge in [-0.15, -0.1) is 0 Å². The van der Waals surface area contributed by atoms with Gasteiger partial charge in [-0.1, -0.05) is 15.9 Å². The van der Waals surface area contributed by atoms with Crippen molar-refractivity contribution >= 4 is 26.8 Å². The maximum atomic E-state index is 3.56. The van der Waals surface area contributed by atoms with Gasteiger partial charge < -0.3 is 10.3 Å². The van der Waals surface area contributed by atoms with Gasteiger partial charge in [0.1, 0.15) is 0 Å². The van der Waals surface area contributed by atoms with E-state index in [4.69, 9.17) is 0 Å². The molecule has 3 nitrogen and oxygen atoms in total. The highest BCUT2D eigenvalue weighted by Crippen LogP contribution is 2.25. The normalized spacial score (nSPS) is 17.4. The molecule has 0 amide bonds. The highest BCUT2D eigenvalue weighted by Gasteiger charge is 2.14. The molecule has 1 saturated heterocycles. The third-order valence-corrected chi connectivity index (χ3v) is 4.21. The van der Waals surface area contributed by atoms with Crippen molar-refractivity contribution in [2.75, 3.05) is 26.2 Å². The largest absolute Gasteiger partial charge is 0.357 e. The van der Waals surface area contributed by atoms with Gasteiger partial charge in [-0.3, -0.25) is 4.90 Å². The number of fused-ring (bicyclic) bond motifs is 1. The summed E-state index contributed by atoms with van der Waals surface area (Å²) in [5.74, 6) is 0. The molecule has 0 saturated carbocycles. The summed E-state index contributed by atoms with van der Waals surface area (Å²) in [7, 11) is 0. The lowest BCUT2D eigenvalue weighted by atomic mass is 10.1. The van der Waals surface area contributed by atoms with Crippen LogP contribution in [-0.4, -0.2) is 36.1 Å². The quantitative estimate of drug-likeness (QED) is 0.893. The van der Waals surface area contributed by atoms with E-state index >= 15 is 0 Å². The molecule has 2 heterocycles. The van der Waals surface area contributed by atoms with Gasteiger partial charge in [0, 0.05) is 53.8 Å². The Kier molecular flexibility index (Phi) is 3.41. The number of aromatic nitrogens is 1. The molecule has 4 heteroatoms.